The zero-order chi connectivity index (χ0) is 27.6. The molecule has 4 aromatic rings. The van der Waals surface area contributed by atoms with Gasteiger partial charge in [-0.05, 0) is 84.8 Å². The molecule has 0 fully saturated rings. The number of hydrazone groups is 1. The maximum atomic E-state index is 12.5. The SMILES string of the molecule is COc1ccc(C(=O)Oc2ccc(/C=N\NC(=O)c3ccc(OCc4ccc(C)cc4)cc3)cc2OC)cc1. The van der Waals surface area contributed by atoms with Crippen molar-refractivity contribution in [1.29, 1.82) is 0 Å². The topological polar surface area (TPSA) is 95.5 Å². The molecule has 0 saturated carbocycles. The summed E-state index contributed by atoms with van der Waals surface area (Å²) in [7, 11) is 3.02. The van der Waals surface area contributed by atoms with Crippen LogP contribution in [0.25, 0.3) is 0 Å². The Morgan fingerprint density at radius 2 is 1.44 bits per heavy atom. The molecular formula is C31H28N2O6. The molecule has 0 unspecified atom stereocenters. The summed E-state index contributed by atoms with van der Waals surface area (Å²) >= 11 is 0. The number of ether oxygens (including phenoxy) is 4. The molecule has 4 rings (SSSR count). The number of rotatable bonds is 10. The minimum Gasteiger partial charge on any atom is -0.497 e. The maximum Gasteiger partial charge on any atom is 0.343 e. The van der Waals surface area contributed by atoms with Gasteiger partial charge >= 0.3 is 5.97 Å². The molecule has 8 heteroatoms. The van der Waals surface area contributed by atoms with Crippen LogP contribution >= 0.6 is 0 Å². The highest BCUT2D eigenvalue weighted by molar-refractivity contribution is 5.95. The maximum absolute atomic E-state index is 12.5. The largest absolute Gasteiger partial charge is 0.497 e. The van der Waals surface area contributed by atoms with Crippen molar-refractivity contribution in [2.24, 2.45) is 5.10 Å². The molecule has 198 valence electrons. The molecule has 0 atom stereocenters. The number of amides is 1. The summed E-state index contributed by atoms with van der Waals surface area (Å²) < 4.78 is 21.7. The smallest absolute Gasteiger partial charge is 0.343 e. The summed E-state index contributed by atoms with van der Waals surface area (Å²) in [6.07, 6.45) is 1.47. The molecule has 8 nitrogen and oxygen atoms in total. The Kier molecular flexibility index (Phi) is 8.92. The zero-order valence-electron chi connectivity index (χ0n) is 21.8. The van der Waals surface area contributed by atoms with Crippen LogP contribution in [0.3, 0.4) is 0 Å². The zero-order valence-corrected chi connectivity index (χ0v) is 21.8. The summed E-state index contributed by atoms with van der Waals surface area (Å²) in [5, 5.41) is 4.02. The first-order valence-electron chi connectivity index (χ1n) is 12.1. The van der Waals surface area contributed by atoms with Crippen LogP contribution in [0.4, 0.5) is 0 Å². The highest BCUT2D eigenvalue weighted by Gasteiger charge is 2.13. The number of esters is 1. The van der Waals surface area contributed by atoms with Crippen molar-refractivity contribution >= 4 is 18.1 Å². The lowest BCUT2D eigenvalue weighted by atomic mass is 10.2. The van der Waals surface area contributed by atoms with Gasteiger partial charge in [-0.3, -0.25) is 4.79 Å². The molecule has 0 aliphatic rings. The Morgan fingerprint density at radius 1 is 0.769 bits per heavy atom. The molecule has 4 aromatic carbocycles. The van der Waals surface area contributed by atoms with Crippen LogP contribution in [0.1, 0.15) is 37.4 Å². The molecule has 0 heterocycles. The van der Waals surface area contributed by atoms with Gasteiger partial charge in [0, 0.05) is 5.56 Å². The standard InChI is InChI=1S/C31H28N2O6/c1-21-4-6-22(7-5-21)20-38-27-15-9-24(10-16-27)30(34)33-32-19-23-8-17-28(29(18-23)37-3)39-31(35)25-11-13-26(36-2)14-12-25/h4-19H,20H2,1-3H3,(H,33,34)/b32-19-. The monoisotopic (exact) mass is 524 g/mol. The van der Waals surface area contributed by atoms with E-state index in [-0.39, 0.29) is 11.7 Å². The average molecular weight is 525 g/mol. The second-order valence-electron chi connectivity index (χ2n) is 8.53. The van der Waals surface area contributed by atoms with Crippen molar-refractivity contribution in [1.82, 2.24) is 5.43 Å². The predicted molar refractivity (Wildman–Crippen MR) is 148 cm³/mol. The Labute approximate surface area is 226 Å². The molecule has 0 aliphatic carbocycles. The number of nitrogens with zero attached hydrogens (tertiary/aromatic N) is 1. The Bertz CT molecular complexity index is 1450. The molecule has 0 radical (unpaired) electrons. The third-order valence-corrected chi connectivity index (χ3v) is 5.74. The van der Waals surface area contributed by atoms with Crippen molar-refractivity contribution in [3.63, 3.8) is 0 Å². The van der Waals surface area contributed by atoms with Crippen molar-refractivity contribution in [3.05, 3.63) is 119 Å². The highest BCUT2D eigenvalue weighted by Crippen LogP contribution is 2.28. The minimum absolute atomic E-state index is 0.254. The van der Waals surface area contributed by atoms with Crippen LogP contribution < -0.4 is 24.4 Å². The van der Waals surface area contributed by atoms with Gasteiger partial charge in [0.25, 0.3) is 5.91 Å². The van der Waals surface area contributed by atoms with Crippen molar-refractivity contribution in [2.45, 2.75) is 13.5 Å². The van der Waals surface area contributed by atoms with Gasteiger partial charge in [0.2, 0.25) is 0 Å². The molecule has 39 heavy (non-hydrogen) atoms. The highest BCUT2D eigenvalue weighted by atomic mass is 16.6. The van der Waals surface area contributed by atoms with Crippen molar-refractivity contribution < 1.29 is 28.5 Å². The van der Waals surface area contributed by atoms with Crippen molar-refractivity contribution in [3.8, 4) is 23.0 Å². The van der Waals surface area contributed by atoms with Crippen LogP contribution in [-0.4, -0.2) is 32.3 Å². The number of aryl methyl sites for hydroxylation is 1. The molecular weight excluding hydrogens is 496 g/mol. The van der Waals surface area contributed by atoms with Gasteiger partial charge < -0.3 is 18.9 Å². The predicted octanol–water partition coefficient (Wildman–Crippen LogP) is 5.57. The third-order valence-electron chi connectivity index (χ3n) is 5.74. The number of nitrogens with one attached hydrogen (secondary N) is 1. The molecule has 1 amide bonds. The Morgan fingerprint density at radius 3 is 2.10 bits per heavy atom. The Hall–Kier alpha value is -5.11. The summed E-state index contributed by atoms with van der Waals surface area (Å²) in [5.41, 5.74) is 6.20. The van der Waals surface area contributed by atoms with Crippen LogP contribution in [-0.2, 0) is 6.61 Å². The summed E-state index contributed by atoms with van der Waals surface area (Å²) in [6, 6.07) is 26.5. The lowest BCUT2D eigenvalue weighted by Gasteiger charge is -2.10. The number of carbonyl (C=O) groups excluding carboxylic acids is 2. The summed E-state index contributed by atoms with van der Waals surface area (Å²) in [6.45, 7) is 2.48. The number of methoxy groups -OCH3 is 2. The number of hydrogen-bond acceptors (Lipinski definition) is 7. The quantitative estimate of drug-likeness (QED) is 0.126. The van der Waals surface area contributed by atoms with E-state index in [9.17, 15) is 9.59 Å². The normalized spacial score (nSPS) is 10.6. The van der Waals surface area contributed by atoms with E-state index in [1.54, 1.807) is 73.8 Å². The van der Waals surface area contributed by atoms with Crippen LogP contribution in [0.2, 0.25) is 0 Å². The second kappa shape index (κ2) is 12.9. The molecule has 0 aliphatic heterocycles. The van der Waals surface area contributed by atoms with Gasteiger partial charge in [0.15, 0.2) is 11.5 Å². The van der Waals surface area contributed by atoms with Gasteiger partial charge in [-0.15, -0.1) is 0 Å². The molecule has 0 bridgehead atoms. The fourth-order valence-electron chi connectivity index (χ4n) is 3.52. The lowest BCUT2D eigenvalue weighted by molar-refractivity contribution is 0.0729. The number of carbonyl (C=O) groups is 2. The van der Waals surface area contributed by atoms with Gasteiger partial charge in [-0.2, -0.15) is 5.10 Å². The number of hydrogen-bond donors (Lipinski definition) is 1. The van der Waals surface area contributed by atoms with E-state index in [0.717, 1.165) is 5.56 Å². The van der Waals surface area contributed by atoms with Crippen LogP contribution in [0.15, 0.2) is 96.1 Å². The fraction of sp³-hybridized carbons (Fsp3) is 0.129. The Balaban J connectivity index is 1.31. The molecule has 0 spiro atoms. The fourth-order valence-corrected chi connectivity index (χ4v) is 3.52. The van der Waals surface area contributed by atoms with E-state index in [4.69, 9.17) is 18.9 Å². The molecule has 0 saturated heterocycles. The first-order chi connectivity index (χ1) is 18.9. The van der Waals surface area contributed by atoms with E-state index in [1.807, 2.05) is 31.2 Å². The number of benzene rings is 4. The summed E-state index contributed by atoms with van der Waals surface area (Å²) in [5.74, 6) is 0.998. The van der Waals surface area contributed by atoms with Crippen molar-refractivity contribution in [2.75, 3.05) is 14.2 Å². The average Bonchev–Trinajstić information content (AvgIpc) is 2.97. The lowest BCUT2D eigenvalue weighted by Crippen LogP contribution is -2.17. The van der Waals surface area contributed by atoms with Gasteiger partial charge in [0.1, 0.15) is 18.1 Å². The first-order valence-corrected chi connectivity index (χ1v) is 12.1. The van der Waals surface area contributed by atoms with E-state index in [0.29, 0.717) is 40.5 Å². The second-order valence-corrected chi connectivity index (χ2v) is 8.53. The van der Waals surface area contributed by atoms with E-state index in [2.05, 4.69) is 10.5 Å². The third kappa shape index (κ3) is 7.45. The minimum atomic E-state index is -0.531. The van der Waals surface area contributed by atoms with E-state index in [1.165, 1.54) is 18.9 Å². The molecule has 1 N–H and O–H groups in total. The summed E-state index contributed by atoms with van der Waals surface area (Å²) in [4.78, 5) is 25.0. The molecule has 0 aromatic heterocycles. The van der Waals surface area contributed by atoms with Gasteiger partial charge in [-0.1, -0.05) is 29.8 Å². The van der Waals surface area contributed by atoms with Crippen LogP contribution in [0, 0.1) is 6.92 Å². The van der Waals surface area contributed by atoms with E-state index < -0.39 is 5.97 Å². The van der Waals surface area contributed by atoms with E-state index >= 15 is 0 Å². The first kappa shape index (κ1) is 26.9. The van der Waals surface area contributed by atoms with Crippen LogP contribution in [0.5, 0.6) is 23.0 Å². The van der Waals surface area contributed by atoms with Gasteiger partial charge in [-0.25, -0.2) is 10.2 Å². The van der Waals surface area contributed by atoms with Gasteiger partial charge in [0.05, 0.1) is 26.0 Å².